The van der Waals surface area contributed by atoms with Gasteiger partial charge in [-0.05, 0) is 24.3 Å². The third-order valence-corrected chi connectivity index (χ3v) is 2.29. The largest absolute Gasteiger partial charge is 0.508 e. The molecule has 1 heterocycles. The highest BCUT2D eigenvalue weighted by molar-refractivity contribution is 6.02. The molecule has 1 aromatic rings. The van der Waals surface area contributed by atoms with E-state index in [9.17, 15) is 14.4 Å². The summed E-state index contributed by atoms with van der Waals surface area (Å²) < 4.78 is 0. The van der Waals surface area contributed by atoms with Crippen molar-refractivity contribution in [2.24, 2.45) is 0 Å². The van der Waals surface area contributed by atoms with Gasteiger partial charge in [-0.25, -0.2) is 4.79 Å². The molecular weight excluding hydrogens is 240 g/mol. The minimum absolute atomic E-state index is 0.0469. The SMILES string of the molecule is O=C(Nc1ccc(O)cc1)ON1C(=O)CCC1=O. The molecule has 0 aliphatic carbocycles. The zero-order valence-corrected chi connectivity index (χ0v) is 9.25. The van der Waals surface area contributed by atoms with Gasteiger partial charge >= 0.3 is 6.09 Å². The van der Waals surface area contributed by atoms with Crippen LogP contribution in [0.25, 0.3) is 0 Å². The van der Waals surface area contributed by atoms with Crippen LogP contribution < -0.4 is 5.32 Å². The summed E-state index contributed by atoms with van der Waals surface area (Å²) in [5, 5.41) is 11.8. The van der Waals surface area contributed by atoms with Crippen LogP contribution in [0.1, 0.15) is 12.8 Å². The number of phenols is 1. The Morgan fingerprint density at radius 3 is 2.28 bits per heavy atom. The summed E-state index contributed by atoms with van der Waals surface area (Å²) in [5.74, 6) is -1.03. The lowest BCUT2D eigenvalue weighted by Crippen LogP contribution is -2.33. The van der Waals surface area contributed by atoms with Gasteiger partial charge in [0, 0.05) is 18.5 Å². The van der Waals surface area contributed by atoms with E-state index >= 15 is 0 Å². The van der Waals surface area contributed by atoms with Gasteiger partial charge in [0.1, 0.15) is 5.75 Å². The van der Waals surface area contributed by atoms with E-state index in [2.05, 4.69) is 10.2 Å². The van der Waals surface area contributed by atoms with E-state index in [0.29, 0.717) is 10.8 Å². The summed E-state index contributed by atoms with van der Waals surface area (Å²) >= 11 is 0. The first-order valence-electron chi connectivity index (χ1n) is 5.20. The Bertz CT molecular complexity index is 481. The van der Waals surface area contributed by atoms with E-state index in [1.165, 1.54) is 24.3 Å². The molecule has 0 spiro atoms. The fourth-order valence-corrected chi connectivity index (χ4v) is 1.43. The molecule has 7 heteroatoms. The molecule has 0 bridgehead atoms. The van der Waals surface area contributed by atoms with Crippen molar-refractivity contribution < 1.29 is 24.3 Å². The van der Waals surface area contributed by atoms with Gasteiger partial charge in [0.15, 0.2) is 0 Å². The van der Waals surface area contributed by atoms with Crippen molar-refractivity contribution >= 4 is 23.6 Å². The molecule has 1 aliphatic heterocycles. The first kappa shape index (κ1) is 11.9. The molecule has 2 N–H and O–H groups in total. The smallest absolute Gasteiger partial charge is 0.436 e. The number of carbonyl (C=O) groups excluding carboxylic acids is 3. The lowest BCUT2D eigenvalue weighted by molar-refractivity contribution is -0.170. The average Bonchev–Trinajstić information content (AvgIpc) is 2.64. The Labute approximate surface area is 102 Å². The standard InChI is InChI=1S/C11H10N2O5/c14-8-3-1-7(2-4-8)12-11(17)18-13-9(15)5-6-10(13)16/h1-4,14H,5-6H2,(H,12,17). The van der Waals surface area contributed by atoms with Gasteiger partial charge in [-0.1, -0.05) is 0 Å². The molecule has 94 valence electrons. The van der Waals surface area contributed by atoms with Crippen LogP contribution in [0.5, 0.6) is 5.75 Å². The van der Waals surface area contributed by atoms with Crippen LogP contribution in [-0.4, -0.2) is 28.1 Å². The van der Waals surface area contributed by atoms with Crippen LogP contribution in [-0.2, 0) is 14.4 Å². The number of hydrogen-bond donors (Lipinski definition) is 2. The fraction of sp³-hybridized carbons (Fsp3) is 0.182. The number of hydroxylamine groups is 2. The van der Waals surface area contributed by atoms with Crippen LogP contribution in [0.4, 0.5) is 10.5 Å². The molecule has 1 aliphatic rings. The van der Waals surface area contributed by atoms with Gasteiger partial charge in [-0.3, -0.25) is 14.9 Å². The zero-order valence-electron chi connectivity index (χ0n) is 9.25. The molecule has 0 radical (unpaired) electrons. The van der Waals surface area contributed by atoms with Crippen LogP contribution in [0.15, 0.2) is 24.3 Å². The maximum atomic E-state index is 11.4. The Hall–Kier alpha value is -2.57. The minimum atomic E-state index is -0.940. The van der Waals surface area contributed by atoms with Crippen LogP contribution >= 0.6 is 0 Å². The fourth-order valence-electron chi connectivity index (χ4n) is 1.43. The quantitative estimate of drug-likeness (QED) is 0.603. The van der Waals surface area contributed by atoms with Crippen LogP contribution in [0, 0.1) is 0 Å². The van der Waals surface area contributed by atoms with Crippen molar-refractivity contribution in [1.82, 2.24) is 5.06 Å². The van der Waals surface area contributed by atoms with Crippen molar-refractivity contribution in [3.05, 3.63) is 24.3 Å². The van der Waals surface area contributed by atoms with E-state index in [-0.39, 0.29) is 18.6 Å². The first-order chi connectivity index (χ1) is 8.56. The molecule has 1 saturated heterocycles. The van der Waals surface area contributed by atoms with Gasteiger partial charge < -0.3 is 9.94 Å². The Morgan fingerprint density at radius 2 is 1.72 bits per heavy atom. The summed E-state index contributed by atoms with van der Waals surface area (Å²) in [5.41, 5.74) is 0.372. The van der Waals surface area contributed by atoms with Crippen LogP contribution in [0.3, 0.4) is 0 Å². The van der Waals surface area contributed by atoms with Crippen molar-refractivity contribution in [1.29, 1.82) is 0 Å². The molecule has 0 atom stereocenters. The molecule has 0 aromatic heterocycles. The number of nitrogens with one attached hydrogen (secondary N) is 1. The first-order valence-corrected chi connectivity index (χ1v) is 5.20. The molecule has 7 nitrogen and oxygen atoms in total. The number of imide groups is 1. The summed E-state index contributed by atoms with van der Waals surface area (Å²) in [7, 11) is 0. The van der Waals surface area contributed by atoms with Crippen LogP contribution in [0.2, 0.25) is 0 Å². The van der Waals surface area contributed by atoms with Crippen molar-refractivity contribution in [2.75, 3.05) is 5.32 Å². The number of amides is 3. The third kappa shape index (κ3) is 2.57. The van der Waals surface area contributed by atoms with Gasteiger partial charge in [0.2, 0.25) is 0 Å². The summed E-state index contributed by atoms with van der Waals surface area (Å²) in [6.07, 6.45) is -0.847. The van der Waals surface area contributed by atoms with Crippen molar-refractivity contribution in [3.63, 3.8) is 0 Å². The highest BCUT2D eigenvalue weighted by Gasteiger charge is 2.32. The molecule has 0 unspecified atom stereocenters. The second-order valence-corrected chi connectivity index (χ2v) is 3.63. The summed E-state index contributed by atoms with van der Waals surface area (Å²) in [4.78, 5) is 38.4. The number of benzene rings is 1. The second-order valence-electron chi connectivity index (χ2n) is 3.63. The number of carbonyl (C=O) groups is 3. The molecule has 1 aromatic carbocycles. The van der Waals surface area contributed by atoms with Gasteiger partial charge in [-0.2, -0.15) is 0 Å². The number of anilines is 1. The summed E-state index contributed by atoms with van der Waals surface area (Å²) in [6, 6.07) is 5.65. The highest BCUT2D eigenvalue weighted by Crippen LogP contribution is 2.15. The van der Waals surface area contributed by atoms with Crippen molar-refractivity contribution in [2.45, 2.75) is 12.8 Å². The third-order valence-electron chi connectivity index (χ3n) is 2.29. The minimum Gasteiger partial charge on any atom is -0.508 e. The monoisotopic (exact) mass is 250 g/mol. The van der Waals surface area contributed by atoms with E-state index in [1.807, 2.05) is 0 Å². The van der Waals surface area contributed by atoms with Gasteiger partial charge in [-0.15, -0.1) is 5.06 Å². The lowest BCUT2D eigenvalue weighted by Gasteiger charge is -2.13. The number of aromatic hydroxyl groups is 1. The molecular formula is C11H10N2O5. The zero-order chi connectivity index (χ0) is 13.1. The molecule has 3 amide bonds. The van der Waals surface area contributed by atoms with E-state index in [0.717, 1.165) is 0 Å². The topological polar surface area (TPSA) is 95.9 Å². The van der Waals surface area contributed by atoms with Crippen molar-refractivity contribution in [3.8, 4) is 5.75 Å². The maximum absolute atomic E-state index is 11.4. The predicted octanol–water partition coefficient (Wildman–Crippen LogP) is 1.00. The highest BCUT2D eigenvalue weighted by atomic mass is 16.7. The lowest BCUT2D eigenvalue weighted by atomic mass is 10.3. The van der Waals surface area contributed by atoms with E-state index in [1.54, 1.807) is 0 Å². The Balaban J connectivity index is 1.94. The Kier molecular flexibility index (Phi) is 3.13. The second kappa shape index (κ2) is 4.74. The predicted molar refractivity (Wildman–Crippen MR) is 59.3 cm³/mol. The molecule has 18 heavy (non-hydrogen) atoms. The van der Waals surface area contributed by atoms with E-state index in [4.69, 9.17) is 5.11 Å². The van der Waals surface area contributed by atoms with Gasteiger partial charge in [0.25, 0.3) is 11.8 Å². The number of hydrogen-bond acceptors (Lipinski definition) is 5. The maximum Gasteiger partial charge on any atom is 0.436 e. The molecule has 0 saturated carbocycles. The summed E-state index contributed by atoms with van der Waals surface area (Å²) in [6.45, 7) is 0. The molecule has 1 fully saturated rings. The normalized spacial score (nSPS) is 14.8. The molecule has 2 rings (SSSR count). The average molecular weight is 250 g/mol. The number of nitrogens with zero attached hydrogens (tertiary/aromatic N) is 1. The van der Waals surface area contributed by atoms with Gasteiger partial charge in [0.05, 0.1) is 0 Å². The number of rotatable bonds is 2. The Morgan fingerprint density at radius 1 is 1.17 bits per heavy atom. The van der Waals surface area contributed by atoms with E-state index < -0.39 is 17.9 Å². The number of phenolic OH excluding ortho intramolecular Hbond substituents is 1.